The zero-order valence-electron chi connectivity index (χ0n) is 16.6. The van der Waals surface area contributed by atoms with E-state index in [1.165, 1.54) is 5.56 Å². The number of hydrogen-bond acceptors (Lipinski definition) is 2. The molecular weight excluding hydrogens is 306 g/mol. The summed E-state index contributed by atoms with van der Waals surface area (Å²) in [6.45, 7) is 12.2. The highest BCUT2D eigenvalue weighted by atomic mass is 16.3. The van der Waals surface area contributed by atoms with Gasteiger partial charge in [0.1, 0.15) is 5.75 Å². The van der Waals surface area contributed by atoms with Gasteiger partial charge >= 0.3 is 0 Å². The van der Waals surface area contributed by atoms with Gasteiger partial charge in [-0.15, -0.1) is 0 Å². The second-order valence-corrected chi connectivity index (χ2v) is 7.00. The Hall–Kier alpha value is -1.80. The number of nitrogens with zero attached hydrogens (tertiary/aromatic N) is 1. The van der Waals surface area contributed by atoms with Crippen molar-refractivity contribution in [2.24, 2.45) is 0 Å². The van der Waals surface area contributed by atoms with Crippen LogP contribution in [0, 0.1) is 0 Å². The first-order valence-electron chi connectivity index (χ1n) is 9.52. The molecule has 0 aliphatic rings. The Morgan fingerprint density at radius 3 is 1.84 bits per heavy atom. The number of rotatable bonds is 7. The SMILES string of the molecule is CCc1ccc(O)c(CCCN(C(C)C)C(C)C)c1.c1ccccc1. The van der Waals surface area contributed by atoms with E-state index in [9.17, 15) is 5.11 Å². The van der Waals surface area contributed by atoms with Crippen LogP contribution in [0.4, 0.5) is 0 Å². The van der Waals surface area contributed by atoms with Crippen molar-refractivity contribution in [3.63, 3.8) is 0 Å². The molecule has 2 aromatic carbocycles. The molecule has 1 N–H and O–H groups in total. The standard InChI is InChI=1S/C17H29NO.C6H6/c1-6-15-9-10-17(19)16(12-15)8-7-11-18(13(2)3)14(4)5;1-2-4-6-5-3-1/h9-10,12-14,19H,6-8,11H2,1-5H3;1-6H. The van der Waals surface area contributed by atoms with E-state index in [0.717, 1.165) is 31.4 Å². The lowest BCUT2D eigenvalue weighted by molar-refractivity contribution is 0.173. The second kappa shape index (κ2) is 11.7. The lowest BCUT2D eigenvalue weighted by Gasteiger charge is -2.30. The van der Waals surface area contributed by atoms with Crippen molar-refractivity contribution >= 4 is 0 Å². The van der Waals surface area contributed by atoms with Gasteiger partial charge < -0.3 is 5.11 Å². The van der Waals surface area contributed by atoms with Crippen LogP contribution in [0.3, 0.4) is 0 Å². The second-order valence-electron chi connectivity index (χ2n) is 7.00. The Labute approximate surface area is 154 Å². The Morgan fingerprint density at radius 2 is 1.40 bits per heavy atom. The van der Waals surface area contributed by atoms with Crippen molar-refractivity contribution in [3.05, 3.63) is 65.7 Å². The van der Waals surface area contributed by atoms with E-state index in [2.05, 4.69) is 45.6 Å². The molecule has 0 bridgehead atoms. The fourth-order valence-corrected chi connectivity index (χ4v) is 3.01. The van der Waals surface area contributed by atoms with Crippen LogP contribution in [-0.2, 0) is 12.8 Å². The highest BCUT2D eigenvalue weighted by Crippen LogP contribution is 2.21. The third-order valence-corrected chi connectivity index (χ3v) is 4.41. The molecular formula is C23H35NO. The lowest BCUT2D eigenvalue weighted by Crippen LogP contribution is -2.37. The molecule has 138 valence electrons. The fraction of sp³-hybridized carbons (Fsp3) is 0.478. The third-order valence-electron chi connectivity index (χ3n) is 4.41. The van der Waals surface area contributed by atoms with Crippen molar-refractivity contribution < 1.29 is 5.11 Å². The lowest BCUT2D eigenvalue weighted by atomic mass is 10.0. The van der Waals surface area contributed by atoms with E-state index in [0.29, 0.717) is 17.8 Å². The number of hydrogen-bond donors (Lipinski definition) is 1. The van der Waals surface area contributed by atoms with E-state index in [1.807, 2.05) is 48.5 Å². The van der Waals surface area contributed by atoms with Gasteiger partial charge in [0.25, 0.3) is 0 Å². The molecule has 2 aromatic rings. The molecule has 0 aromatic heterocycles. The van der Waals surface area contributed by atoms with Crippen molar-refractivity contribution in [2.75, 3.05) is 6.54 Å². The topological polar surface area (TPSA) is 23.5 Å². The van der Waals surface area contributed by atoms with Crippen molar-refractivity contribution in [3.8, 4) is 5.75 Å². The summed E-state index contributed by atoms with van der Waals surface area (Å²) in [6, 6.07) is 19.1. The van der Waals surface area contributed by atoms with Gasteiger partial charge in [-0.3, -0.25) is 4.90 Å². The molecule has 0 spiro atoms. The van der Waals surface area contributed by atoms with Gasteiger partial charge in [-0.2, -0.15) is 0 Å². The van der Waals surface area contributed by atoms with Crippen LogP contribution in [0.1, 0.15) is 52.2 Å². The number of phenolic OH excluding ortho intramolecular Hbond substituents is 1. The van der Waals surface area contributed by atoms with Crippen LogP contribution in [0.2, 0.25) is 0 Å². The smallest absolute Gasteiger partial charge is 0.118 e. The number of phenols is 1. The first kappa shape index (κ1) is 21.2. The minimum Gasteiger partial charge on any atom is -0.508 e. The molecule has 0 saturated heterocycles. The van der Waals surface area contributed by atoms with Crippen LogP contribution in [0.5, 0.6) is 5.75 Å². The summed E-state index contributed by atoms with van der Waals surface area (Å²) in [7, 11) is 0. The number of benzene rings is 2. The molecule has 0 aliphatic carbocycles. The molecule has 0 saturated carbocycles. The number of aryl methyl sites for hydroxylation is 2. The summed E-state index contributed by atoms with van der Waals surface area (Å²) in [5.41, 5.74) is 2.39. The van der Waals surface area contributed by atoms with E-state index in [-0.39, 0.29) is 0 Å². The molecule has 0 amide bonds. The maximum atomic E-state index is 9.90. The molecule has 0 aliphatic heterocycles. The largest absolute Gasteiger partial charge is 0.508 e. The molecule has 0 radical (unpaired) electrons. The normalized spacial score (nSPS) is 10.9. The zero-order valence-corrected chi connectivity index (χ0v) is 16.6. The van der Waals surface area contributed by atoms with Crippen LogP contribution >= 0.6 is 0 Å². The summed E-state index contributed by atoms with van der Waals surface area (Å²) >= 11 is 0. The average Bonchev–Trinajstić information content (AvgIpc) is 2.61. The molecule has 2 rings (SSSR count). The molecule has 0 fully saturated rings. The Balaban J connectivity index is 0.000000435. The zero-order chi connectivity index (χ0) is 18.7. The first-order valence-corrected chi connectivity index (χ1v) is 9.52. The number of aromatic hydroxyl groups is 1. The maximum Gasteiger partial charge on any atom is 0.118 e. The van der Waals surface area contributed by atoms with Gasteiger partial charge in [-0.1, -0.05) is 55.5 Å². The van der Waals surface area contributed by atoms with Crippen LogP contribution in [0.25, 0.3) is 0 Å². The molecule has 25 heavy (non-hydrogen) atoms. The Morgan fingerprint density at radius 1 is 0.880 bits per heavy atom. The van der Waals surface area contributed by atoms with E-state index in [4.69, 9.17) is 0 Å². The maximum absolute atomic E-state index is 9.90. The van der Waals surface area contributed by atoms with Gasteiger partial charge in [0.05, 0.1) is 0 Å². The van der Waals surface area contributed by atoms with E-state index >= 15 is 0 Å². The summed E-state index contributed by atoms with van der Waals surface area (Å²) in [6.07, 6.45) is 3.07. The van der Waals surface area contributed by atoms with Gasteiger partial charge in [-0.05, 0) is 70.7 Å². The van der Waals surface area contributed by atoms with Gasteiger partial charge in [0, 0.05) is 12.1 Å². The van der Waals surface area contributed by atoms with Crippen LogP contribution in [0.15, 0.2) is 54.6 Å². The monoisotopic (exact) mass is 341 g/mol. The molecule has 0 unspecified atom stereocenters. The minimum absolute atomic E-state index is 0.442. The van der Waals surface area contributed by atoms with Crippen molar-refractivity contribution in [2.45, 2.75) is 66.0 Å². The fourth-order valence-electron chi connectivity index (χ4n) is 3.01. The minimum atomic E-state index is 0.442. The summed E-state index contributed by atoms with van der Waals surface area (Å²) in [4.78, 5) is 2.50. The molecule has 0 atom stereocenters. The van der Waals surface area contributed by atoms with E-state index in [1.54, 1.807) is 0 Å². The van der Waals surface area contributed by atoms with Gasteiger partial charge in [0.15, 0.2) is 0 Å². The first-order chi connectivity index (χ1) is 12.0. The van der Waals surface area contributed by atoms with Crippen molar-refractivity contribution in [1.29, 1.82) is 0 Å². The van der Waals surface area contributed by atoms with Gasteiger partial charge in [-0.25, -0.2) is 0 Å². The van der Waals surface area contributed by atoms with E-state index < -0.39 is 0 Å². The molecule has 2 heteroatoms. The summed E-state index contributed by atoms with van der Waals surface area (Å²) in [5, 5.41) is 9.90. The van der Waals surface area contributed by atoms with Crippen LogP contribution < -0.4 is 0 Å². The quantitative estimate of drug-likeness (QED) is 0.699. The molecule has 2 nitrogen and oxygen atoms in total. The highest BCUT2D eigenvalue weighted by Gasteiger charge is 2.13. The van der Waals surface area contributed by atoms with Crippen LogP contribution in [-0.4, -0.2) is 28.6 Å². The van der Waals surface area contributed by atoms with Gasteiger partial charge in [0.2, 0.25) is 0 Å². The average molecular weight is 342 g/mol. The highest BCUT2D eigenvalue weighted by molar-refractivity contribution is 5.36. The molecule has 0 heterocycles. The third kappa shape index (κ3) is 8.22. The Kier molecular flexibility index (Phi) is 9.94. The summed E-state index contributed by atoms with van der Waals surface area (Å²) < 4.78 is 0. The predicted molar refractivity (Wildman–Crippen MR) is 109 cm³/mol. The van der Waals surface area contributed by atoms with Crippen molar-refractivity contribution in [1.82, 2.24) is 4.90 Å². The summed E-state index contributed by atoms with van der Waals surface area (Å²) in [5.74, 6) is 0.442. The Bertz CT molecular complexity index is 543. The predicted octanol–water partition coefficient (Wildman–Crippen LogP) is 5.69.